The maximum Gasteiger partial charge on any atom is 0.323 e. The number of carboxylic acids is 2. The molecule has 0 spiro atoms. The first-order chi connectivity index (χ1) is 8.40. The fraction of sp³-hybridized carbons (Fsp3) is 0.273. The minimum absolute atomic E-state index is 0.230. The van der Waals surface area contributed by atoms with Crippen LogP contribution in [0.25, 0.3) is 0 Å². The number of carboxylic acid groups (broad SMARTS) is 2. The van der Waals surface area contributed by atoms with Crippen LogP contribution in [-0.2, 0) is 9.59 Å². The SMILES string of the molecule is O=C(O)CN(CC(=O)O)c1ccc(C(S)S)cc1. The second-order valence-electron chi connectivity index (χ2n) is 3.61. The van der Waals surface area contributed by atoms with Crippen molar-refractivity contribution in [2.75, 3.05) is 18.0 Å². The zero-order chi connectivity index (χ0) is 13.7. The molecule has 0 unspecified atom stereocenters. The standard InChI is InChI=1S/C11H13NO4S2/c13-9(14)5-12(6-10(15)16)8-3-1-7(2-4-8)11(17)18/h1-4,11,17-18H,5-6H2,(H,13,14)(H,15,16). The van der Waals surface area contributed by atoms with Crippen molar-refractivity contribution in [1.82, 2.24) is 0 Å². The van der Waals surface area contributed by atoms with Gasteiger partial charge in [-0.15, -0.1) is 0 Å². The van der Waals surface area contributed by atoms with Gasteiger partial charge in [0.15, 0.2) is 0 Å². The van der Waals surface area contributed by atoms with Gasteiger partial charge in [-0.25, -0.2) is 0 Å². The first-order valence-corrected chi connectivity index (χ1v) is 6.08. The number of benzene rings is 1. The third-order valence-electron chi connectivity index (χ3n) is 2.21. The fourth-order valence-electron chi connectivity index (χ4n) is 1.42. The van der Waals surface area contributed by atoms with Crippen LogP contribution < -0.4 is 4.90 Å². The van der Waals surface area contributed by atoms with Crippen LogP contribution in [0.15, 0.2) is 24.3 Å². The third-order valence-corrected chi connectivity index (χ3v) is 2.80. The fourth-order valence-corrected chi connectivity index (χ4v) is 1.77. The monoisotopic (exact) mass is 287 g/mol. The molecule has 0 amide bonds. The van der Waals surface area contributed by atoms with Crippen LogP contribution in [0.4, 0.5) is 5.69 Å². The molecule has 0 heterocycles. The van der Waals surface area contributed by atoms with Crippen molar-refractivity contribution < 1.29 is 19.8 Å². The molecule has 1 aromatic rings. The largest absolute Gasteiger partial charge is 0.480 e. The lowest BCUT2D eigenvalue weighted by atomic mass is 10.2. The molecule has 1 rings (SSSR count). The highest BCUT2D eigenvalue weighted by Crippen LogP contribution is 2.25. The molecule has 0 saturated heterocycles. The van der Waals surface area contributed by atoms with E-state index in [-0.39, 0.29) is 17.7 Å². The van der Waals surface area contributed by atoms with Gasteiger partial charge in [0.1, 0.15) is 13.1 Å². The average molecular weight is 287 g/mol. The molecular weight excluding hydrogens is 274 g/mol. The summed E-state index contributed by atoms with van der Waals surface area (Å²) in [5.41, 5.74) is 1.39. The van der Waals surface area contributed by atoms with Crippen LogP contribution in [0.5, 0.6) is 0 Å². The van der Waals surface area contributed by atoms with Crippen molar-refractivity contribution in [2.45, 2.75) is 4.58 Å². The average Bonchev–Trinajstić information content (AvgIpc) is 2.27. The van der Waals surface area contributed by atoms with E-state index in [1.807, 2.05) is 0 Å². The zero-order valence-electron chi connectivity index (χ0n) is 9.35. The minimum atomic E-state index is -1.08. The van der Waals surface area contributed by atoms with Crippen LogP contribution in [0.3, 0.4) is 0 Å². The molecular formula is C11H13NO4S2. The lowest BCUT2D eigenvalue weighted by Gasteiger charge is -2.21. The van der Waals surface area contributed by atoms with E-state index in [2.05, 4.69) is 25.3 Å². The number of rotatable bonds is 6. The van der Waals surface area contributed by atoms with E-state index < -0.39 is 11.9 Å². The highest BCUT2D eigenvalue weighted by atomic mass is 32.2. The summed E-state index contributed by atoms with van der Waals surface area (Å²) in [6, 6.07) is 6.77. The number of nitrogens with zero attached hydrogens (tertiary/aromatic N) is 1. The zero-order valence-corrected chi connectivity index (χ0v) is 11.1. The molecule has 0 atom stereocenters. The van der Waals surface area contributed by atoms with Crippen molar-refractivity contribution in [3.05, 3.63) is 29.8 Å². The van der Waals surface area contributed by atoms with Gasteiger partial charge in [-0.1, -0.05) is 12.1 Å². The van der Waals surface area contributed by atoms with Crippen LogP contribution in [0.1, 0.15) is 10.1 Å². The first-order valence-electron chi connectivity index (χ1n) is 5.05. The highest BCUT2D eigenvalue weighted by Gasteiger charge is 2.14. The molecule has 0 saturated carbocycles. The van der Waals surface area contributed by atoms with Crippen molar-refractivity contribution in [1.29, 1.82) is 0 Å². The van der Waals surface area contributed by atoms with Gasteiger partial charge in [0, 0.05) is 5.69 Å². The minimum Gasteiger partial charge on any atom is -0.480 e. The summed E-state index contributed by atoms with van der Waals surface area (Å²) >= 11 is 8.29. The number of hydrogen-bond donors (Lipinski definition) is 4. The molecule has 0 aliphatic carbocycles. The van der Waals surface area contributed by atoms with Gasteiger partial charge in [0.2, 0.25) is 0 Å². The Labute approximate surface area is 115 Å². The molecule has 0 fully saturated rings. The molecule has 18 heavy (non-hydrogen) atoms. The lowest BCUT2D eigenvalue weighted by Crippen LogP contribution is -2.34. The summed E-state index contributed by atoms with van der Waals surface area (Å²) in [5, 5.41) is 17.5. The van der Waals surface area contributed by atoms with Crippen molar-refractivity contribution in [3.8, 4) is 0 Å². The Morgan fingerprint density at radius 2 is 1.50 bits per heavy atom. The van der Waals surface area contributed by atoms with Gasteiger partial charge in [-0.3, -0.25) is 9.59 Å². The highest BCUT2D eigenvalue weighted by molar-refractivity contribution is 7.98. The predicted octanol–water partition coefficient (Wildman–Crippen LogP) is 1.52. The molecule has 0 radical (unpaired) electrons. The lowest BCUT2D eigenvalue weighted by molar-refractivity contribution is -0.136. The van der Waals surface area contributed by atoms with Crippen molar-refractivity contribution >= 4 is 42.9 Å². The van der Waals surface area contributed by atoms with Crippen LogP contribution >= 0.6 is 25.3 Å². The number of anilines is 1. The quantitative estimate of drug-likeness (QED) is 0.471. The molecule has 7 heteroatoms. The maximum absolute atomic E-state index is 10.7. The molecule has 5 nitrogen and oxygen atoms in total. The Hall–Kier alpha value is -1.34. The van der Waals surface area contributed by atoms with Crippen molar-refractivity contribution in [3.63, 3.8) is 0 Å². The van der Waals surface area contributed by atoms with E-state index >= 15 is 0 Å². The Balaban J connectivity index is 2.90. The second kappa shape index (κ2) is 6.55. The third kappa shape index (κ3) is 4.50. The Morgan fingerprint density at radius 1 is 1.06 bits per heavy atom. The van der Waals surface area contributed by atoms with Crippen LogP contribution in [-0.4, -0.2) is 35.2 Å². The molecule has 0 bridgehead atoms. The van der Waals surface area contributed by atoms with Gasteiger partial charge in [-0.2, -0.15) is 25.3 Å². The van der Waals surface area contributed by atoms with E-state index in [0.29, 0.717) is 5.69 Å². The van der Waals surface area contributed by atoms with Gasteiger partial charge in [-0.05, 0) is 17.7 Å². The molecule has 0 aromatic heterocycles. The molecule has 1 aromatic carbocycles. The van der Waals surface area contributed by atoms with E-state index in [4.69, 9.17) is 10.2 Å². The topological polar surface area (TPSA) is 77.8 Å². The molecule has 0 aliphatic rings. The molecule has 98 valence electrons. The number of carbonyl (C=O) groups is 2. The Morgan fingerprint density at radius 3 is 1.83 bits per heavy atom. The summed E-state index contributed by atoms with van der Waals surface area (Å²) in [5.74, 6) is -2.16. The summed E-state index contributed by atoms with van der Waals surface area (Å²) in [7, 11) is 0. The second-order valence-corrected chi connectivity index (χ2v) is 5.05. The van der Waals surface area contributed by atoms with Gasteiger partial charge < -0.3 is 15.1 Å². The Kier molecular flexibility index (Phi) is 5.36. The Bertz CT molecular complexity index is 417. The predicted molar refractivity (Wildman–Crippen MR) is 74.6 cm³/mol. The number of aliphatic carboxylic acids is 2. The van der Waals surface area contributed by atoms with E-state index in [1.54, 1.807) is 24.3 Å². The summed E-state index contributed by atoms with van der Waals surface area (Å²) in [6.45, 7) is -0.729. The van der Waals surface area contributed by atoms with Crippen LogP contribution in [0.2, 0.25) is 0 Å². The normalized spacial score (nSPS) is 10.4. The first kappa shape index (κ1) is 14.7. The smallest absolute Gasteiger partial charge is 0.323 e. The van der Waals surface area contributed by atoms with Gasteiger partial charge in [0.05, 0.1) is 4.58 Å². The maximum atomic E-state index is 10.7. The molecule has 0 aliphatic heterocycles. The van der Waals surface area contributed by atoms with E-state index in [0.717, 1.165) is 5.56 Å². The summed E-state index contributed by atoms with van der Waals surface area (Å²) < 4.78 is -0.230. The van der Waals surface area contributed by atoms with Crippen molar-refractivity contribution in [2.24, 2.45) is 0 Å². The summed E-state index contributed by atoms with van der Waals surface area (Å²) in [4.78, 5) is 22.6. The van der Waals surface area contributed by atoms with Crippen LogP contribution in [0, 0.1) is 0 Å². The van der Waals surface area contributed by atoms with Gasteiger partial charge in [0.25, 0.3) is 0 Å². The number of hydrogen-bond acceptors (Lipinski definition) is 5. The van der Waals surface area contributed by atoms with E-state index in [1.165, 1.54) is 4.90 Å². The molecule has 2 N–H and O–H groups in total. The van der Waals surface area contributed by atoms with E-state index in [9.17, 15) is 9.59 Å². The summed E-state index contributed by atoms with van der Waals surface area (Å²) in [6.07, 6.45) is 0. The number of thiol groups is 2. The van der Waals surface area contributed by atoms with Gasteiger partial charge >= 0.3 is 11.9 Å².